The minimum Gasteiger partial charge on any atom is -0.320 e. The third-order valence-corrected chi connectivity index (χ3v) is 6.70. The van der Waals surface area contributed by atoms with E-state index in [1.807, 2.05) is 43.4 Å². The van der Waals surface area contributed by atoms with Crippen LogP contribution < -0.4 is 5.32 Å². The molecule has 1 heterocycles. The number of benzene rings is 2. The smallest absolute Gasteiger partial charge is 0.243 e. The Bertz CT molecular complexity index is 760. The summed E-state index contributed by atoms with van der Waals surface area (Å²) in [5.74, 6) is 0.626. The Morgan fingerprint density at radius 1 is 1.09 bits per heavy atom. The molecule has 1 aliphatic rings. The van der Waals surface area contributed by atoms with Gasteiger partial charge >= 0.3 is 0 Å². The van der Waals surface area contributed by atoms with E-state index in [9.17, 15) is 8.42 Å². The maximum Gasteiger partial charge on any atom is 0.243 e. The Morgan fingerprint density at radius 3 is 2.52 bits per heavy atom. The zero-order chi connectivity index (χ0) is 16.3. The average molecular weight is 332 g/mol. The molecule has 1 aliphatic heterocycles. The van der Waals surface area contributed by atoms with Gasteiger partial charge in [-0.3, -0.25) is 0 Å². The van der Waals surface area contributed by atoms with Crippen LogP contribution in [0.2, 0.25) is 0 Å². The van der Waals surface area contributed by atoms with Crippen molar-refractivity contribution in [2.45, 2.75) is 24.2 Å². The first-order valence-corrected chi connectivity index (χ1v) is 9.69. The van der Waals surface area contributed by atoms with E-state index >= 15 is 0 Å². The highest BCUT2D eigenvalue weighted by molar-refractivity contribution is 7.89. The third-order valence-electron chi connectivity index (χ3n) is 4.74. The summed E-state index contributed by atoms with van der Waals surface area (Å²) in [5, 5.41) is 4.95. The molecule has 1 N–H and O–H groups in total. The van der Waals surface area contributed by atoms with E-state index in [-0.39, 0.29) is 0 Å². The second-order valence-corrected chi connectivity index (χ2v) is 8.12. The summed E-state index contributed by atoms with van der Waals surface area (Å²) in [4.78, 5) is 0.435. The molecule has 5 heteroatoms. The fourth-order valence-corrected chi connectivity index (χ4v) is 5.03. The molecular weight excluding hydrogens is 308 g/mol. The predicted octanol–water partition coefficient (Wildman–Crippen LogP) is 2.85. The Balaban J connectivity index is 1.82. The van der Waals surface area contributed by atoms with E-state index in [2.05, 4.69) is 5.32 Å². The molecule has 0 bridgehead atoms. The maximum atomic E-state index is 13.0. The molecule has 2 aromatic rings. The zero-order valence-corrected chi connectivity index (χ0v) is 14.3. The van der Waals surface area contributed by atoms with Crippen LogP contribution in [-0.4, -0.2) is 39.4 Å². The molecule has 0 spiro atoms. The minimum atomic E-state index is -3.41. The second-order valence-electron chi connectivity index (χ2n) is 6.22. The van der Waals surface area contributed by atoms with Gasteiger partial charge in [0.1, 0.15) is 0 Å². The first-order valence-electron chi connectivity index (χ1n) is 8.25. The molecule has 0 radical (unpaired) electrons. The first-order chi connectivity index (χ1) is 11.1. The monoisotopic (exact) mass is 332 g/mol. The summed E-state index contributed by atoms with van der Waals surface area (Å²) in [7, 11) is -1.46. The number of sulfonamides is 1. The molecule has 23 heavy (non-hydrogen) atoms. The Morgan fingerprint density at radius 2 is 1.78 bits per heavy atom. The summed E-state index contributed by atoms with van der Waals surface area (Å²) in [6.07, 6.45) is 3.02. The van der Waals surface area contributed by atoms with Crippen molar-refractivity contribution >= 4 is 20.8 Å². The van der Waals surface area contributed by atoms with Crippen molar-refractivity contribution in [3.8, 4) is 0 Å². The molecular formula is C18H24N2O2S. The van der Waals surface area contributed by atoms with Crippen molar-refractivity contribution in [1.29, 1.82) is 0 Å². The van der Waals surface area contributed by atoms with Crippen molar-refractivity contribution < 1.29 is 8.42 Å². The van der Waals surface area contributed by atoms with Gasteiger partial charge in [0.25, 0.3) is 0 Å². The highest BCUT2D eigenvalue weighted by Crippen LogP contribution is 2.29. The van der Waals surface area contributed by atoms with E-state index in [1.165, 1.54) is 0 Å². The summed E-state index contributed by atoms with van der Waals surface area (Å²) >= 11 is 0. The van der Waals surface area contributed by atoms with Crippen molar-refractivity contribution in [2.24, 2.45) is 5.92 Å². The minimum absolute atomic E-state index is 0.435. The molecule has 1 saturated heterocycles. The van der Waals surface area contributed by atoms with Crippen molar-refractivity contribution in [2.75, 3.05) is 26.7 Å². The summed E-state index contributed by atoms with van der Waals surface area (Å²) < 4.78 is 27.7. The summed E-state index contributed by atoms with van der Waals surface area (Å²) in [5.41, 5.74) is 0. The number of nitrogens with one attached hydrogen (secondary N) is 1. The first kappa shape index (κ1) is 16.4. The number of piperidine rings is 1. The molecule has 124 valence electrons. The van der Waals surface area contributed by atoms with E-state index in [1.54, 1.807) is 10.4 Å². The van der Waals surface area contributed by atoms with Crippen LogP contribution in [0.25, 0.3) is 10.8 Å². The summed E-state index contributed by atoms with van der Waals surface area (Å²) in [6.45, 7) is 2.25. The van der Waals surface area contributed by atoms with Gasteiger partial charge in [-0.2, -0.15) is 4.31 Å². The van der Waals surface area contributed by atoms with E-state index in [4.69, 9.17) is 0 Å². The Kier molecular flexibility index (Phi) is 4.99. The molecule has 0 atom stereocenters. The Hall–Kier alpha value is -1.43. The standard InChI is InChI=1S/C18H24N2O2S/c1-19-12-9-15-10-13-20(14-11-15)23(21,22)18-8-4-6-16-5-2-3-7-17(16)18/h2-8,15,19H,9-14H2,1H3. The lowest BCUT2D eigenvalue weighted by molar-refractivity contribution is 0.263. The predicted molar refractivity (Wildman–Crippen MR) is 94.0 cm³/mol. The van der Waals surface area contributed by atoms with Gasteiger partial charge in [-0.1, -0.05) is 36.4 Å². The van der Waals surface area contributed by atoms with Gasteiger partial charge in [0.15, 0.2) is 0 Å². The summed E-state index contributed by atoms with van der Waals surface area (Å²) in [6, 6.07) is 13.2. The molecule has 3 rings (SSSR count). The Labute approximate surface area is 138 Å². The van der Waals surface area contributed by atoms with E-state index < -0.39 is 10.0 Å². The van der Waals surface area contributed by atoms with Crippen LogP contribution in [0.5, 0.6) is 0 Å². The lowest BCUT2D eigenvalue weighted by Crippen LogP contribution is -2.39. The normalized spacial score (nSPS) is 17.6. The molecule has 0 aromatic heterocycles. The molecule has 0 amide bonds. The number of hydrogen-bond acceptors (Lipinski definition) is 3. The largest absolute Gasteiger partial charge is 0.320 e. The topological polar surface area (TPSA) is 49.4 Å². The number of rotatable bonds is 5. The van der Waals surface area contributed by atoms with Crippen LogP contribution in [0.4, 0.5) is 0 Å². The molecule has 4 nitrogen and oxygen atoms in total. The number of nitrogens with zero attached hydrogens (tertiary/aromatic N) is 1. The maximum absolute atomic E-state index is 13.0. The van der Waals surface area contributed by atoms with Gasteiger partial charge in [0.05, 0.1) is 4.90 Å². The fourth-order valence-electron chi connectivity index (χ4n) is 3.35. The van der Waals surface area contributed by atoms with Gasteiger partial charge < -0.3 is 5.32 Å². The van der Waals surface area contributed by atoms with Gasteiger partial charge in [-0.15, -0.1) is 0 Å². The molecule has 2 aromatic carbocycles. The van der Waals surface area contributed by atoms with E-state index in [0.717, 1.165) is 36.6 Å². The molecule has 0 unspecified atom stereocenters. The number of fused-ring (bicyclic) bond motifs is 1. The van der Waals surface area contributed by atoms with Crippen molar-refractivity contribution in [3.63, 3.8) is 0 Å². The quantitative estimate of drug-likeness (QED) is 0.916. The van der Waals surface area contributed by atoms with Crippen LogP contribution in [0, 0.1) is 5.92 Å². The van der Waals surface area contributed by atoms with Crippen LogP contribution in [-0.2, 0) is 10.0 Å². The lowest BCUT2D eigenvalue weighted by atomic mass is 9.95. The van der Waals surface area contributed by atoms with Crippen LogP contribution in [0.15, 0.2) is 47.4 Å². The highest BCUT2D eigenvalue weighted by atomic mass is 32.2. The molecule has 0 aliphatic carbocycles. The van der Waals surface area contributed by atoms with Gasteiger partial charge in [0, 0.05) is 18.5 Å². The highest BCUT2D eigenvalue weighted by Gasteiger charge is 2.30. The average Bonchev–Trinajstić information content (AvgIpc) is 2.59. The molecule has 1 fully saturated rings. The third kappa shape index (κ3) is 3.42. The SMILES string of the molecule is CNCCC1CCN(S(=O)(=O)c2cccc3ccccc23)CC1. The van der Waals surface area contributed by atoms with Crippen LogP contribution >= 0.6 is 0 Å². The molecule has 0 saturated carbocycles. The lowest BCUT2D eigenvalue weighted by Gasteiger charge is -2.31. The van der Waals surface area contributed by atoms with Gasteiger partial charge in [0.2, 0.25) is 10.0 Å². The van der Waals surface area contributed by atoms with Crippen LogP contribution in [0.3, 0.4) is 0 Å². The van der Waals surface area contributed by atoms with E-state index in [0.29, 0.717) is 23.9 Å². The number of hydrogen-bond donors (Lipinski definition) is 1. The van der Waals surface area contributed by atoms with Crippen molar-refractivity contribution in [1.82, 2.24) is 9.62 Å². The van der Waals surface area contributed by atoms with Gasteiger partial charge in [-0.05, 0) is 50.2 Å². The van der Waals surface area contributed by atoms with Gasteiger partial charge in [-0.25, -0.2) is 8.42 Å². The van der Waals surface area contributed by atoms with Crippen LogP contribution in [0.1, 0.15) is 19.3 Å². The fraction of sp³-hybridized carbons (Fsp3) is 0.444. The van der Waals surface area contributed by atoms with Crippen molar-refractivity contribution in [3.05, 3.63) is 42.5 Å². The second kappa shape index (κ2) is 6.99. The zero-order valence-electron chi connectivity index (χ0n) is 13.5.